The molecule has 0 N–H and O–H groups in total. The maximum absolute atomic E-state index is 6.23. The molecule has 0 amide bonds. The van der Waals surface area contributed by atoms with Gasteiger partial charge in [-0.3, -0.25) is 9.97 Å². The minimum Gasteiger partial charge on any atom is -0.265 e. The molecule has 0 saturated heterocycles. The van der Waals surface area contributed by atoms with Gasteiger partial charge in [-0.25, -0.2) is 4.98 Å². The SMILES string of the molecule is Clc1cc2ccncc2nc1-c1ccncc1. The molecule has 3 nitrogen and oxygen atoms in total. The number of pyridine rings is 3. The van der Waals surface area contributed by atoms with E-state index in [4.69, 9.17) is 11.6 Å². The Bertz CT molecular complexity index is 668. The lowest BCUT2D eigenvalue weighted by Gasteiger charge is -2.05. The molecule has 0 radical (unpaired) electrons. The molecule has 0 unspecified atom stereocenters. The van der Waals surface area contributed by atoms with Gasteiger partial charge in [0, 0.05) is 29.5 Å². The Morgan fingerprint density at radius 3 is 2.53 bits per heavy atom. The summed E-state index contributed by atoms with van der Waals surface area (Å²) in [7, 11) is 0. The van der Waals surface area contributed by atoms with Crippen LogP contribution in [-0.2, 0) is 0 Å². The van der Waals surface area contributed by atoms with Crippen molar-refractivity contribution >= 4 is 22.5 Å². The molecule has 0 bridgehead atoms. The first-order valence-electron chi connectivity index (χ1n) is 5.15. The number of rotatable bonds is 1. The number of nitrogens with zero attached hydrogens (tertiary/aromatic N) is 3. The van der Waals surface area contributed by atoms with E-state index >= 15 is 0 Å². The molecule has 3 aromatic rings. The summed E-state index contributed by atoms with van der Waals surface area (Å²) in [6, 6.07) is 7.57. The molecule has 0 aromatic carbocycles. The number of halogens is 1. The first kappa shape index (κ1) is 10.2. The lowest BCUT2D eigenvalue weighted by molar-refractivity contribution is 1.29. The number of hydrogen-bond acceptors (Lipinski definition) is 3. The summed E-state index contributed by atoms with van der Waals surface area (Å²) < 4.78 is 0. The van der Waals surface area contributed by atoms with Gasteiger partial charge in [0.2, 0.25) is 0 Å². The summed E-state index contributed by atoms with van der Waals surface area (Å²) in [6.07, 6.45) is 6.91. The van der Waals surface area contributed by atoms with Gasteiger partial charge in [-0.15, -0.1) is 0 Å². The Hall–Kier alpha value is -2.00. The monoisotopic (exact) mass is 241 g/mol. The highest BCUT2D eigenvalue weighted by atomic mass is 35.5. The van der Waals surface area contributed by atoms with Crippen molar-refractivity contribution in [2.75, 3.05) is 0 Å². The summed E-state index contributed by atoms with van der Waals surface area (Å²) in [5.41, 5.74) is 2.55. The summed E-state index contributed by atoms with van der Waals surface area (Å²) in [5, 5.41) is 1.62. The van der Waals surface area contributed by atoms with E-state index < -0.39 is 0 Å². The molecular formula is C13H8ClN3. The zero-order valence-electron chi connectivity index (χ0n) is 8.84. The van der Waals surface area contributed by atoms with Crippen LogP contribution < -0.4 is 0 Å². The molecule has 3 rings (SSSR count). The van der Waals surface area contributed by atoms with Gasteiger partial charge in [0.15, 0.2) is 0 Å². The first-order chi connectivity index (χ1) is 8.34. The smallest absolute Gasteiger partial charge is 0.0897 e. The molecule has 3 heterocycles. The predicted octanol–water partition coefficient (Wildman–Crippen LogP) is 3.35. The maximum atomic E-state index is 6.23. The average Bonchev–Trinajstić information content (AvgIpc) is 2.39. The molecule has 0 aliphatic heterocycles. The Labute approximate surface area is 103 Å². The van der Waals surface area contributed by atoms with Crippen LogP contribution in [0.3, 0.4) is 0 Å². The van der Waals surface area contributed by atoms with Crippen molar-refractivity contribution in [3.8, 4) is 11.3 Å². The molecule has 4 heteroatoms. The fraction of sp³-hybridized carbons (Fsp3) is 0. The third-order valence-corrected chi connectivity index (χ3v) is 2.82. The van der Waals surface area contributed by atoms with Crippen LogP contribution >= 0.6 is 11.6 Å². The van der Waals surface area contributed by atoms with Crippen molar-refractivity contribution in [1.29, 1.82) is 0 Å². The zero-order chi connectivity index (χ0) is 11.7. The highest BCUT2D eigenvalue weighted by molar-refractivity contribution is 6.33. The van der Waals surface area contributed by atoms with E-state index in [1.54, 1.807) is 24.8 Å². The van der Waals surface area contributed by atoms with E-state index in [0.717, 1.165) is 22.2 Å². The second-order valence-electron chi connectivity index (χ2n) is 3.62. The summed E-state index contributed by atoms with van der Waals surface area (Å²) in [4.78, 5) is 12.6. The van der Waals surface area contributed by atoms with Crippen LogP contribution in [0.5, 0.6) is 0 Å². The average molecular weight is 242 g/mol. The van der Waals surface area contributed by atoms with Crippen LogP contribution in [0.4, 0.5) is 0 Å². The van der Waals surface area contributed by atoms with E-state index in [2.05, 4.69) is 15.0 Å². The van der Waals surface area contributed by atoms with Crippen LogP contribution in [0.25, 0.3) is 22.2 Å². The van der Waals surface area contributed by atoms with Gasteiger partial charge in [0.05, 0.1) is 22.4 Å². The number of fused-ring (bicyclic) bond motifs is 1. The lowest BCUT2D eigenvalue weighted by Crippen LogP contribution is -1.88. The van der Waals surface area contributed by atoms with Crippen molar-refractivity contribution in [2.45, 2.75) is 0 Å². The molecule has 0 fully saturated rings. The predicted molar refractivity (Wildman–Crippen MR) is 67.8 cm³/mol. The minimum atomic E-state index is 0.634. The summed E-state index contributed by atoms with van der Waals surface area (Å²) >= 11 is 6.23. The Morgan fingerprint density at radius 1 is 0.941 bits per heavy atom. The van der Waals surface area contributed by atoms with Crippen molar-refractivity contribution < 1.29 is 0 Å². The normalized spacial score (nSPS) is 10.6. The Morgan fingerprint density at radius 2 is 1.71 bits per heavy atom. The van der Waals surface area contributed by atoms with E-state index in [1.165, 1.54) is 0 Å². The van der Waals surface area contributed by atoms with Crippen LogP contribution in [0.2, 0.25) is 5.02 Å². The zero-order valence-corrected chi connectivity index (χ0v) is 9.59. The highest BCUT2D eigenvalue weighted by Gasteiger charge is 2.07. The van der Waals surface area contributed by atoms with Gasteiger partial charge in [-0.1, -0.05) is 11.6 Å². The van der Waals surface area contributed by atoms with Gasteiger partial charge < -0.3 is 0 Å². The van der Waals surface area contributed by atoms with Crippen molar-refractivity contribution in [1.82, 2.24) is 15.0 Å². The number of aromatic nitrogens is 3. The topological polar surface area (TPSA) is 38.7 Å². The van der Waals surface area contributed by atoms with Crippen molar-refractivity contribution in [3.63, 3.8) is 0 Å². The van der Waals surface area contributed by atoms with Gasteiger partial charge >= 0.3 is 0 Å². The molecule has 0 atom stereocenters. The standard InChI is InChI=1S/C13H8ClN3/c14-11-7-10-3-6-16-8-12(10)17-13(11)9-1-4-15-5-2-9/h1-8H. The maximum Gasteiger partial charge on any atom is 0.0897 e. The highest BCUT2D eigenvalue weighted by Crippen LogP contribution is 2.28. The molecule has 17 heavy (non-hydrogen) atoms. The van der Waals surface area contributed by atoms with Crippen LogP contribution in [0, 0.1) is 0 Å². The Balaban J connectivity index is 2.27. The van der Waals surface area contributed by atoms with Gasteiger partial charge in [0.25, 0.3) is 0 Å². The molecule has 82 valence electrons. The van der Waals surface area contributed by atoms with E-state index in [-0.39, 0.29) is 0 Å². The summed E-state index contributed by atoms with van der Waals surface area (Å²) in [6.45, 7) is 0. The molecule has 0 spiro atoms. The molecule has 0 aliphatic rings. The first-order valence-corrected chi connectivity index (χ1v) is 5.53. The van der Waals surface area contributed by atoms with E-state index in [0.29, 0.717) is 5.02 Å². The second kappa shape index (κ2) is 4.11. The van der Waals surface area contributed by atoms with Crippen LogP contribution in [0.15, 0.2) is 49.1 Å². The fourth-order valence-electron chi connectivity index (χ4n) is 1.70. The molecule has 0 aliphatic carbocycles. The minimum absolute atomic E-state index is 0.634. The van der Waals surface area contributed by atoms with Crippen molar-refractivity contribution in [3.05, 3.63) is 54.1 Å². The fourth-order valence-corrected chi connectivity index (χ4v) is 1.97. The quantitative estimate of drug-likeness (QED) is 0.656. The Kier molecular flexibility index (Phi) is 2.46. The third kappa shape index (κ3) is 1.85. The largest absolute Gasteiger partial charge is 0.265 e. The summed E-state index contributed by atoms with van der Waals surface area (Å²) in [5.74, 6) is 0. The van der Waals surface area contributed by atoms with Crippen molar-refractivity contribution in [2.24, 2.45) is 0 Å². The van der Waals surface area contributed by atoms with Crippen LogP contribution in [-0.4, -0.2) is 15.0 Å². The van der Waals surface area contributed by atoms with Crippen LogP contribution in [0.1, 0.15) is 0 Å². The molecular weight excluding hydrogens is 234 g/mol. The van der Waals surface area contributed by atoms with Gasteiger partial charge in [-0.2, -0.15) is 0 Å². The lowest BCUT2D eigenvalue weighted by atomic mass is 10.1. The number of hydrogen-bond donors (Lipinski definition) is 0. The van der Waals surface area contributed by atoms with Gasteiger partial charge in [-0.05, 0) is 24.3 Å². The third-order valence-electron chi connectivity index (χ3n) is 2.53. The molecule has 0 saturated carbocycles. The van der Waals surface area contributed by atoms with E-state index in [9.17, 15) is 0 Å². The molecule has 3 aromatic heterocycles. The second-order valence-corrected chi connectivity index (χ2v) is 4.03. The van der Waals surface area contributed by atoms with E-state index in [1.807, 2.05) is 24.3 Å². The van der Waals surface area contributed by atoms with Gasteiger partial charge in [0.1, 0.15) is 0 Å².